The van der Waals surface area contributed by atoms with E-state index < -0.39 is 23.7 Å². The molecule has 0 bridgehead atoms. The van der Waals surface area contributed by atoms with Gasteiger partial charge in [-0.25, -0.2) is 4.68 Å². The number of ether oxygens (including phenoxy) is 3. The summed E-state index contributed by atoms with van der Waals surface area (Å²) in [6.45, 7) is 5.59. The molecule has 3 rings (SSSR count). The SMILES string of the molecule is COc1cc(C(C)NC(=O)c2nn(-c3cccc(C(F)(F)F)c3)cc2OC)ccc1OC(C)C. The Balaban J connectivity index is 1.83. The van der Waals surface area contributed by atoms with Gasteiger partial charge in [-0.2, -0.15) is 18.3 Å². The minimum atomic E-state index is -4.50. The number of halogens is 3. The maximum absolute atomic E-state index is 13.1. The molecule has 1 aromatic heterocycles. The zero-order valence-electron chi connectivity index (χ0n) is 19.4. The molecule has 1 atom stereocenters. The van der Waals surface area contributed by atoms with Crippen LogP contribution in [-0.4, -0.2) is 36.0 Å². The highest BCUT2D eigenvalue weighted by Gasteiger charge is 2.31. The molecule has 0 aliphatic carbocycles. The standard InChI is InChI=1S/C24H26F3N3O4/c1-14(2)34-19-10-9-16(11-20(19)32-4)15(3)28-23(31)22-21(33-5)13-30(29-22)18-8-6-7-17(12-18)24(25,26)27/h6-15H,1-5H3,(H,28,31). The van der Waals surface area contributed by atoms with Gasteiger partial charge in [0.25, 0.3) is 5.91 Å². The number of aromatic nitrogens is 2. The van der Waals surface area contributed by atoms with Crippen LogP contribution in [0.1, 0.15) is 48.4 Å². The van der Waals surface area contributed by atoms with Crippen molar-refractivity contribution in [1.82, 2.24) is 15.1 Å². The monoisotopic (exact) mass is 477 g/mol. The highest BCUT2D eigenvalue weighted by Crippen LogP contribution is 2.32. The van der Waals surface area contributed by atoms with Gasteiger partial charge in [0.1, 0.15) is 0 Å². The molecule has 0 aliphatic heterocycles. The maximum atomic E-state index is 13.1. The normalized spacial score (nSPS) is 12.4. The number of alkyl halides is 3. The van der Waals surface area contributed by atoms with E-state index in [2.05, 4.69) is 10.4 Å². The number of amides is 1. The summed E-state index contributed by atoms with van der Waals surface area (Å²) < 4.78 is 56.7. The molecule has 7 nitrogen and oxygen atoms in total. The lowest BCUT2D eigenvalue weighted by atomic mass is 10.1. The minimum Gasteiger partial charge on any atom is -0.493 e. The minimum absolute atomic E-state index is 0.0312. The predicted molar refractivity (Wildman–Crippen MR) is 120 cm³/mol. The molecule has 0 fully saturated rings. The van der Waals surface area contributed by atoms with Crippen LogP contribution >= 0.6 is 0 Å². The number of hydrogen-bond acceptors (Lipinski definition) is 5. The van der Waals surface area contributed by atoms with Gasteiger partial charge in [-0.1, -0.05) is 12.1 Å². The Kier molecular flexibility index (Phi) is 7.38. The number of nitrogens with zero attached hydrogens (tertiary/aromatic N) is 2. The third-order valence-corrected chi connectivity index (χ3v) is 4.95. The van der Waals surface area contributed by atoms with E-state index >= 15 is 0 Å². The van der Waals surface area contributed by atoms with Gasteiger partial charge >= 0.3 is 6.18 Å². The zero-order valence-corrected chi connectivity index (χ0v) is 19.4. The fourth-order valence-electron chi connectivity index (χ4n) is 3.27. The summed E-state index contributed by atoms with van der Waals surface area (Å²) >= 11 is 0. The lowest BCUT2D eigenvalue weighted by Crippen LogP contribution is -2.27. The van der Waals surface area contributed by atoms with Crippen LogP contribution in [0.2, 0.25) is 0 Å². The number of methoxy groups -OCH3 is 2. The van der Waals surface area contributed by atoms with Crippen LogP contribution in [0, 0.1) is 0 Å². The van der Waals surface area contributed by atoms with Crippen molar-refractivity contribution in [2.24, 2.45) is 0 Å². The summed E-state index contributed by atoms with van der Waals surface area (Å²) in [5.41, 5.74) is 0.0275. The van der Waals surface area contributed by atoms with Crippen molar-refractivity contribution in [1.29, 1.82) is 0 Å². The van der Waals surface area contributed by atoms with Crippen LogP contribution < -0.4 is 19.5 Å². The van der Waals surface area contributed by atoms with Gasteiger partial charge in [-0.3, -0.25) is 4.79 Å². The fraction of sp³-hybridized carbons (Fsp3) is 0.333. The molecule has 0 saturated heterocycles. The Bertz CT molecular complexity index is 1160. The first kappa shape index (κ1) is 24.9. The average molecular weight is 477 g/mol. The van der Waals surface area contributed by atoms with Gasteiger partial charge in [0.15, 0.2) is 22.9 Å². The van der Waals surface area contributed by atoms with Crippen molar-refractivity contribution < 1.29 is 32.2 Å². The van der Waals surface area contributed by atoms with Crippen LogP contribution in [0.25, 0.3) is 5.69 Å². The molecule has 1 unspecified atom stereocenters. The summed E-state index contributed by atoms with van der Waals surface area (Å²) in [5.74, 6) is 0.692. The molecular formula is C24H26F3N3O4. The second-order valence-electron chi connectivity index (χ2n) is 7.81. The van der Waals surface area contributed by atoms with Crippen LogP contribution in [0.3, 0.4) is 0 Å². The van der Waals surface area contributed by atoms with Crippen molar-refractivity contribution in [3.63, 3.8) is 0 Å². The van der Waals surface area contributed by atoms with E-state index in [0.717, 1.165) is 17.7 Å². The van der Waals surface area contributed by atoms with E-state index in [1.165, 1.54) is 37.2 Å². The number of hydrogen-bond donors (Lipinski definition) is 1. The molecule has 0 spiro atoms. The largest absolute Gasteiger partial charge is 0.493 e. The number of rotatable bonds is 8. The molecule has 1 amide bonds. The molecular weight excluding hydrogens is 451 g/mol. The smallest absolute Gasteiger partial charge is 0.416 e. The summed E-state index contributed by atoms with van der Waals surface area (Å²) in [7, 11) is 2.88. The fourth-order valence-corrected chi connectivity index (χ4v) is 3.27. The highest BCUT2D eigenvalue weighted by atomic mass is 19.4. The summed E-state index contributed by atoms with van der Waals surface area (Å²) in [4.78, 5) is 12.9. The van der Waals surface area contributed by atoms with E-state index in [9.17, 15) is 18.0 Å². The topological polar surface area (TPSA) is 74.6 Å². The van der Waals surface area contributed by atoms with Crippen LogP contribution in [0.4, 0.5) is 13.2 Å². The molecule has 34 heavy (non-hydrogen) atoms. The van der Waals surface area contributed by atoms with Gasteiger partial charge in [0.05, 0.1) is 43.8 Å². The van der Waals surface area contributed by atoms with Crippen molar-refractivity contribution in [2.75, 3.05) is 14.2 Å². The molecule has 0 radical (unpaired) electrons. The van der Waals surface area contributed by atoms with Crippen LogP contribution in [0.15, 0.2) is 48.7 Å². The Morgan fingerprint density at radius 2 is 1.71 bits per heavy atom. The van der Waals surface area contributed by atoms with E-state index in [1.54, 1.807) is 19.1 Å². The van der Waals surface area contributed by atoms with Gasteiger partial charge in [-0.05, 0) is 56.7 Å². The van der Waals surface area contributed by atoms with E-state index in [0.29, 0.717) is 11.5 Å². The molecule has 182 valence electrons. The summed E-state index contributed by atoms with van der Waals surface area (Å²) in [6.07, 6.45) is -3.17. The van der Waals surface area contributed by atoms with Crippen molar-refractivity contribution in [3.05, 3.63) is 65.5 Å². The van der Waals surface area contributed by atoms with Gasteiger partial charge in [-0.15, -0.1) is 0 Å². The first-order chi connectivity index (χ1) is 16.0. The number of benzene rings is 2. The Morgan fingerprint density at radius 3 is 2.32 bits per heavy atom. The average Bonchev–Trinajstić information content (AvgIpc) is 3.23. The van der Waals surface area contributed by atoms with Crippen molar-refractivity contribution in [2.45, 2.75) is 39.1 Å². The second kappa shape index (κ2) is 10.1. The molecule has 0 saturated carbocycles. The van der Waals surface area contributed by atoms with E-state index in [-0.39, 0.29) is 23.2 Å². The molecule has 2 aromatic carbocycles. The number of carbonyl (C=O) groups is 1. The molecule has 1 heterocycles. The highest BCUT2D eigenvalue weighted by molar-refractivity contribution is 5.95. The molecule has 1 N–H and O–H groups in total. The van der Waals surface area contributed by atoms with Gasteiger partial charge < -0.3 is 19.5 Å². The third kappa shape index (κ3) is 5.62. The van der Waals surface area contributed by atoms with Crippen molar-refractivity contribution >= 4 is 5.91 Å². The summed E-state index contributed by atoms with van der Waals surface area (Å²) in [6, 6.07) is 9.55. The van der Waals surface area contributed by atoms with Crippen LogP contribution in [-0.2, 0) is 6.18 Å². The first-order valence-electron chi connectivity index (χ1n) is 10.5. The van der Waals surface area contributed by atoms with E-state index in [1.807, 2.05) is 19.9 Å². The Labute approximate surface area is 195 Å². The Morgan fingerprint density at radius 1 is 1.00 bits per heavy atom. The van der Waals surface area contributed by atoms with E-state index in [4.69, 9.17) is 14.2 Å². The lowest BCUT2D eigenvalue weighted by molar-refractivity contribution is -0.137. The third-order valence-electron chi connectivity index (χ3n) is 4.95. The number of nitrogens with one attached hydrogen (secondary N) is 1. The zero-order chi connectivity index (χ0) is 25.0. The predicted octanol–water partition coefficient (Wildman–Crippen LogP) is 5.19. The number of carbonyl (C=O) groups excluding carboxylic acids is 1. The van der Waals surface area contributed by atoms with Gasteiger partial charge in [0.2, 0.25) is 0 Å². The second-order valence-corrected chi connectivity index (χ2v) is 7.81. The molecule has 0 aliphatic rings. The van der Waals surface area contributed by atoms with Crippen LogP contribution in [0.5, 0.6) is 17.2 Å². The van der Waals surface area contributed by atoms with Crippen molar-refractivity contribution in [3.8, 4) is 22.9 Å². The quantitative estimate of drug-likeness (QED) is 0.484. The molecule has 3 aromatic rings. The van der Waals surface area contributed by atoms with Gasteiger partial charge in [0, 0.05) is 0 Å². The summed E-state index contributed by atoms with van der Waals surface area (Å²) in [5, 5.41) is 7.00. The lowest BCUT2D eigenvalue weighted by Gasteiger charge is -2.18. The molecule has 10 heteroatoms. The maximum Gasteiger partial charge on any atom is 0.416 e. The first-order valence-corrected chi connectivity index (χ1v) is 10.5. The Hall–Kier alpha value is -3.69.